The minimum atomic E-state index is -1.05. The normalized spacial score (nSPS) is 10.0. The monoisotopic (exact) mass is 346 g/mol. The Morgan fingerprint density at radius 2 is 1.38 bits per heavy atom. The number of benzene rings is 2. The van der Waals surface area contributed by atoms with Crippen LogP contribution < -0.4 is 10.6 Å². The summed E-state index contributed by atoms with van der Waals surface area (Å²) in [5.41, 5.74) is 0.825. The van der Waals surface area contributed by atoms with Gasteiger partial charge in [0, 0.05) is 18.7 Å². The Morgan fingerprint density at radius 3 is 1.96 bits per heavy atom. The molecular weight excluding hydrogens is 332 g/mol. The third kappa shape index (κ3) is 4.57. The van der Waals surface area contributed by atoms with Crippen LogP contribution in [-0.2, 0) is 0 Å². The molecule has 6 nitrogen and oxygen atoms in total. The van der Waals surface area contributed by atoms with E-state index in [2.05, 4.69) is 10.6 Å². The Bertz CT molecular complexity index is 759. The smallest absolute Gasteiger partial charge is 0.335 e. The molecule has 0 atom stereocenters. The number of hydrogen-bond acceptors (Lipinski definition) is 3. The second-order valence-corrected chi connectivity index (χ2v) is 5.28. The van der Waals surface area contributed by atoms with E-state index in [9.17, 15) is 14.4 Å². The number of halogens is 1. The Balaban J connectivity index is 1.79. The summed E-state index contributed by atoms with van der Waals surface area (Å²) in [4.78, 5) is 34.6. The summed E-state index contributed by atoms with van der Waals surface area (Å²) >= 11 is 5.93. The van der Waals surface area contributed by atoms with E-state index in [1.165, 1.54) is 24.3 Å². The number of carboxylic acid groups (broad SMARTS) is 1. The molecule has 0 saturated heterocycles. The summed E-state index contributed by atoms with van der Waals surface area (Å²) in [6, 6.07) is 12.3. The van der Waals surface area contributed by atoms with Crippen molar-refractivity contribution in [3.8, 4) is 0 Å². The molecule has 2 rings (SSSR count). The van der Waals surface area contributed by atoms with Gasteiger partial charge in [-0.1, -0.05) is 23.7 Å². The number of rotatable bonds is 6. The molecule has 124 valence electrons. The van der Waals surface area contributed by atoms with Crippen molar-refractivity contribution in [2.24, 2.45) is 0 Å². The lowest BCUT2D eigenvalue weighted by molar-refractivity contribution is 0.0696. The van der Waals surface area contributed by atoms with Gasteiger partial charge in [0.15, 0.2) is 0 Å². The van der Waals surface area contributed by atoms with E-state index in [1.54, 1.807) is 24.3 Å². The third-order valence-corrected chi connectivity index (χ3v) is 3.54. The van der Waals surface area contributed by atoms with E-state index in [0.29, 0.717) is 16.1 Å². The van der Waals surface area contributed by atoms with Gasteiger partial charge in [0.25, 0.3) is 11.8 Å². The van der Waals surface area contributed by atoms with E-state index in [-0.39, 0.29) is 30.5 Å². The molecule has 0 saturated carbocycles. The van der Waals surface area contributed by atoms with Crippen molar-refractivity contribution in [2.45, 2.75) is 0 Å². The van der Waals surface area contributed by atoms with Crippen molar-refractivity contribution in [3.63, 3.8) is 0 Å². The molecule has 0 bridgehead atoms. The summed E-state index contributed by atoms with van der Waals surface area (Å²) in [6.07, 6.45) is 0. The highest BCUT2D eigenvalue weighted by atomic mass is 35.5. The quantitative estimate of drug-likeness (QED) is 0.699. The zero-order valence-electron chi connectivity index (χ0n) is 12.6. The number of carboxylic acids is 1. The maximum absolute atomic E-state index is 11.9. The third-order valence-electron chi connectivity index (χ3n) is 3.21. The molecule has 0 aliphatic carbocycles. The van der Waals surface area contributed by atoms with Crippen molar-refractivity contribution in [1.82, 2.24) is 10.6 Å². The molecule has 2 amide bonds. The van der Waals surface area contributed by atoms with Gasteiger partial charge >= 0.3 is 5.97 Å². The van der Waals surface area contributed by atoms with Crippen LogP contribution in [0.15, 0.2) is 48.5 Å². The topological polar surface area (TPSA) is 95.5 Å². The molecular formula is C17H15ClN2O4. The van der Waals surface area contributed by atoms with Crippen LogP contribution in [0.3, 0.4) is 0 Å². The number of aromatic carboxylic acids is 1. The van der Waals surface area contributed by atoms with E-state index in [0.717, 1.165) is 0 Å². The number of hydrogen-bond donors (Lipinski definition) is 3. The van der Waals surface area contributed by atoms with Gasteiger partial charge in [0.05, 0.1) is 16.1 Å². The molecule has 0 aliphatic heterocycles. The van der Waals surface area contributed by atoms with Crippen LogP contribution in [-0.4, -0.2) is 36.0 Å². The Kier molecular flexibility index (Phi) is 5.92. The molecule has 7 heteroatoms. The molecule has 2 aromatic rings. The zero-order valence-corrected chi connectivity index (χ0v) is 13.3. The molecule has 0 aromatic heterocycles. The van der Waals surface area contributed by atoms with Crippen LogP contribution in [0.25, 0.3) is 0 Å². The fourth-order valence-electron chi connectivity index (χ4n) is 1.96. The Morgan fingerprint density at radius 1 is 0.833 bits per heavy atom. The Labute approximate surface area is 143 Å². The first kappa shape index (κ1) is 17.5. The van der Waals surface area contributed by atoms with Gasteiger partial charge in [-0.2, -0.15) is 0 Å². The lowest BCUT2D eigenvalue weighted by Gasteiger charge is -2.08. The molecule has 24 heavy (non-hydrogen) atoms. The van der Waals surface area contributed by atoms with Gasteiger partial charge in [0.1, 0.15) is 0 Å². The molecule has 0 radical (unpaired) electrons. The molecule has 2 aromatic carbocycles. The fourth-order valence-corrected chi connectivity index (χ4v) is 2.18. The maximum Gasteiger partial charge on any atom is 0.335 e. The standard InChI is InChI=1S/C17H15ClN2O4/c18-14-4-2-1-3-13(14)16(22)20-10-9-19-15(21)11-5-7-12(8-6-11)17(23)24/h1-8H,9-10H2,(H,19,21)(H,20,22)(H,23,24). The number of carbonyl (C=O) groups is 3. The number of nitrogens with one attached hydrogen (secondary N) is 2. The highest BCUT2D eigenvalue weighted by Crippen LogP contribution is 2.14. The lowest BCUT2D eigenvalue weighted by Crippen LogP contribution is -2.34. The van der Waals surface area contributed by atoms with Crippen molar-refractivity contribution >= 4 is 29.4 Å². The van der Waals surface area contributed by atoms with Gasteiger partial charge in [0.2, 0.25) is 0 Å². The highest BCUT2D eigenvalue weighted by molar-refractivity contribution is 6.33. The SMILES string of the molecule is O=C(O)c1ccc(C(=O)NCCNC(=O)c2ccccc2Cl)cc1. The summed E-state index contributed by atoms with van der Waals surface area (Å²) in [5.74, 6) is -1.72. The van der Waals surface area contributed by atoms with Gasteiger partial charge in [-0.15, -0.1) is 0 Å². The fraction of sp³-hybridized carbons (Fsp3) is 0.118. The van der Waals surface area contributed by atoms with E-state index < -0.39 is 5.97 Å². The van der Waals surface area contributed by atoms with Crippen LogP contribution in [0.4, 0.5) is 0 Å². The first-order valence-corrected chi connectivity index (χ1v) is 7.51. The van der Waals surface area contributed by atoms with E-state index in [4.69, 9.17) is 16.7 Å². The van der Waals surface area contributed by atoms with Gasteiger partial charge < -0.3 is 15.7 Å². The predicted octanol–water partition coefficient (Wildman–Crippen LogP) is 2.20. The first-order chi connectivity index (χ1) is 11.5. The van der Waals surface area contributed by atoms with E-state index in [1.807, 2.05) is 0 Å². The van der Waals surface area contributed by atoms with Crippen LogP contribution >= 0.6 is 11.6 Å². The van der Waals surface area contributed by atoms with Crippen LogP contribution in [0.1, 0.15) is 31.1 Å². The minimum Gasteiger partial charge on any atom is -0.478 e. The summed E-state index contributed by atoms with van der Waals surface area (Å²) in [5, 5.41) is 14.5. The van der Waals surface area contributed by atoms with Gasteiger partial charge in [-0.25, -0.2) is 4.79 Å². The van der Waals surface area contributed by atoms with Gasteiger partial charge in [-0.3, -0.25) is 9.59 Å². The highest BCUT2D eigenvalue weighted by Gasteiger charge is 2.10. The zero-order chi connectivity index (χ0) is 17.5. The van der Waals surface area contributed by atoms with Crippen LogP contribution in [0.2, 0.25) is 5.02 Å². The van der Waals surface area contributed by atoms with Crippen LogP contribution in [0.5, 0.6) is 0 Å². The van der Waals surface area contributed by atoms with Crippen molar-refractivity contribution < 1.29 is 19.5 Å². The summed E-state index contributed by atoms with van der Waals surface area (Å²) in [6.45, 7) is 0.471. The van der Waals surface area contributed by atoms with Crippen LogP contribution in [0, 0.1) is 0 Å². The second kappa shape index (κ2) is 8.12. The number of carbonyl (C=O) groups excluding carboxylic acids is 2. The molecule has 0 heterocycles. The first-order valence-electron chi connectivity index (χ1n) is 7.13. The Hall–Kier alpha value is -2.86. The van der Waals surface area contributed by atoms with Crippen molar-refractivity contribution in [3.05, 3.63) is 70.2 Å². The van der Waals surface area contributed by atoms with E-state index >= 15 is 0 Å². The molecule has 0 unspecified atom stereocenters. The van der Waals surface area contributed by atoms with Gasteiger partial charge in [-0.05, 0) is 36.4 Å². The summed E-state index contributed by atoms with van der Waals surface area (Å²) in [7, 11) is 0. The molecule has 0 spiro atoms. The largest absolute Gasteiger partial charge is 0.478 e. The number of amides is 2. The summed E-state index contributed by atoms with van der Waals surface area (Å²) < 4.78 is 0. The molecule has 0 fully saturated rings. The predicted molar refractivity (Wildman–Crippen MR) is 89.5 cm³/mol. The molecule has 3 N–H and O–H groups in total. The van der Waals surface area contributed by atoms with Crippen molar-refractivity contribution in [1.29, 1.82) is 0 Å². The molecule has 0 aliphatic rings. The average Bonchev–Trinajstić information content (AvgIpc) is 2.58. The average molecular weight is 347 g/mol. The van der Waals surface area contributed by atoms with Crippen molar-refractivity contribution in [2.75, 3.05) is 13.1 Å². The lowest BCUT2D eigenvalue weighted by atomic mass is 10.1. The minimum absolute atomic E-state index is 0.110. The second-order valence-electron chi connectivity index (χ2n) is 4.87. The maximum atomic E-state index is 11.9.